The number of para-hydroxylation sites is 2. The topological polar surface area (TPSA) is 60.7 Å². The Morgan fingerprint density at radius 3 is 2.73 bits per heavy atom. The van der Waals surface area contributed by atoms with Crippen molar-refractivity contribution in [1.82, 2.24) is 19.5 Å². The van der Waals surface area contributed by atoms with Crippen LogP contribution in [-0.4, -0.2) is 19.5 Å². The fourth-order valence-electron chi connectivity index (χ4n) is 4.01. The van der Waals surface area contributed by atoms with Crippen LogP contribution in [0.5, 0.6) is 0 Å². The molecule has 3 aromatic heterocycles. The molecule has 0 amide bonds. The standard InChI is InChI=1S/C23H22N4OS2/c1-3-12-27-22(28)20-15-8-4-7-11-19(15)30-21(20)26-23(27)29-13-18-14(2)24-16-9-5-6-10-17(16)25-18/h3,5-6,9-10H,1,4,7-8,11-13H2,2H3. The van der Waals surface area contributed by atoms with Crippen LogP contribution in [0, 0.1) is 6.92 Å². The van der Waals surface area contributed by atoms with Gasteiger partial charge in [-0.15, -0.1) is 17.9 Å². The van der Waals surface area contributed by atoms with E-state index in [0.717, 1.165) is 57.1 Å². The number of nitrogens with zero attached hydrogens (tertiary/aromatic N) is 4. The van der Waals surface area contributed by atoms with Gasteiger partial charge in [-0.25, -0.2) is 15.0 Å². The normalized spacial score (nSPS) is 13.6. The number of rotatable bonds is 5. The van der Waals surface area contributed by atoms with Crippen molar-refractivity contribution in [3.05, 3.63) is 69.1 Å². The Morgan fingerprint density at radius 1 is 1.17 bits per heavy atom. The molecule has 0 atom stereocenters. The fourth-order valence-corrected chi connectivity index (χ4v) is 6.33. The van der Waals surface area contributed by atoms with Crippen molar-refractivity contribution in [2.45, 2.75) is 50.1 Å². The molecule has 1 aliphatic rings. The van der Waals surface area contributed by atoms with E-state index in [0.29, 0.717) is 12.3 Å². The van der Waals surface area contributed by atoms with E-state index < -0.39 is 0 Å². The molecule has 0 spiro atoms. The Balaban J connectivity index is 1.55. The van der Waals surface area contributed by atoms with Crippen molar-refractivity contribution in [3.8, 4) is 0 Å². The molecule has 152 valence electrons. The minimum absolute atomic E-state index is 0.0584. The molecule has 7 heteroatoms. The lowest BCUT2D eigenvalue weighted by Crippen LogP contribution is -2.23. The number of aryl methyl sites for hydroxylation is 3. The molecule has 0 saturated carbocycles. The number of benzene rings is 1. The fraction of sp³-hybridized carbons (Fsp3) is 0.304. The summed E-state index contributed by atoms with van der Waals surface area (Å²) in [5.41, 5.74) is 4.90. The van der Waals surface area contributed by atoms with Crippen LogP contribution in [0.1, 0.15) is 34.7 Å². The smallest absolute Gasteiger partial charge is 0.263 e. The number of hydrogen-bond acceptors (Lipinski definition) is 6. The summed E-state index contributed by atoms with van der Waals surface area (Å²) in [5, 5.41) is 1.54. The van der Waals surface area contributed by atoms with E-state index in [1.54, 1.807) is 33.7 Å². The number of thiophene rings is 1. The molecule has 0 N–H and O–H groups in total. The molecule has 1 aliphatic carbocycles. The lowest BCUT2D eigenvalue weighted by molar-refractivity contribution is 0.668. The van der Waals surface area contributed by atoms with Crippen molar-refractivity contribution in [2.75, 3.05) is 0 Å². The van der Waals surface area contributed by atoms with Gasteiger partial charge in [0.05, 0.1) is 27.8 Å². The molecule has 1 aromatic carbocycles. The molecule has 4 aromatic rings. The maximum atomic E-state index is 13.4. The molecule has 3 heterocycles. The van der Waals surface area contributed by atoms with Crippen molar-refractivity contribution >= 4 is 44.3 Å². The zero-order chi connectivity index (χ0) is 20.7. The van der Waals surface area contributed by atoms with E-state index in [4.69, 9.17) is 9.97 Å². The summed E-state index contributed by atoms with van der Waals surface area (Å²) in [5.74, 6) is 0.615. The molecule has 0 bridgehead atoms. The molecule has 30 heavy (non-hydrogen) atoms. The van der Waals surface area contributed by atoms with E-state index >= 15 is 0 Å². The predicted octanol–water partition coefficient (Wildman–Crippen LogP) is 5.07. The molecule has 0 saturated heterocycles. The Morgan fingerprint density at radius 2 is 1.93 bits per heavy atom. The third-order valence-corrected chi connectivity index (χ3v) is 7.71. The molecule has 0 unspecified atom stereocenters. The van der Waals surface area contributed by atoms with Gasteiger partial charge >= 0.3 is 0 Å². The van der Waals surface area contributed by atoms with Crippen LogP contribution < -0.4 is 5.56 Å². The first kappa shape index (κ1) is 19.5. The quantitative estimate of drug-likeness (QED) is 0.249. The predicted molar refractivity (Wildman–Crippen MR) is 125 cm³/mol. The highest BCUT2D eigenvalue weighted by Crippen LogP contribution is 2.35. The van der Waals surface area contributed by atoms with Crippen molar-refractivity contribution in [3.63, 3.8) is 0 Å². The van der Waals surface area contributed by atoms with E-state index in [2.05, 4.69) is 11.6 Å². The maximum Gasteiger partial charge on any atom is 0.263 e. The number of hydrogen-bond donors (Lipinski definition) is 0. The first-order chi connectivity index (χ1) is 14.7. The summed E-state index contributed by atoms with van der Waals surface area (Å²) in [6, 6.07) is 7.89. The van der Waals surface area contributed by atoms with Crippen molar-refractivity contribution in [1.29, 1.82) is 0 Å². The average Bonchev–Trinajstić information content (AvgIpc) is 3.13. The zero-order valence-electron chi connectivity index (χ0n) is 16.9. The average molecular weight is 435 g/mol. The van der Waals surface area contributed by atoms with Gasteiger partial charge in [0.15, 0.2) is 5.16 Å². The largest absolute Gasteiger partial charge is 0.283 e. The lowest BCUT2D eigenvalue weighted by atomic mass is 9.97. The molecule has 5 nitrogen and oxygen atoms in total. The van der Waals surface area contributed by atoms with Gasteiger partial charge in [0.2, 0.25) is 0 Å². The van der Waals surface area contributed by atoms with Gasteiger partial charge in [0, 0.05) is 17.2 Å². The van der Waals surface area contributed by atoms with Gasteiger partial charge in [-0.3, -0.25) is 9.36 Å². The van der Waals surface area contributed by atoms with Crippen LogP contribution in [-0.2, 0) is 25.1 Å². The van der Waals surface area contributed by atoms with Crippen LogP contribution in [0.15, 0.2) is 46.9 Å². The third kappa shape index (κ3) is 3.36. The summed E-state index contributed by atoms with van der Waals surface area (Å²) in [6.45, 7) is 6.28. The first-order valence-electron chi connectivity index (χ1n) is 10.2. The molecule has 5 rings (SSSR count). The molecule has 0 radical (unpaired) electrons. The Bertz CT molecular complexity index is 1340. The van der Waals surface area contributed by atoms with Crippen LogP contribution in [0.3, 0.4) is 0 Å². The highest BCUT2D eigenvalue weighted by atomic mass is 32.2. The van der Waals surface area contributed by atoms with Crippen molar-refractivity contribution in [2.24, 2.45) is 0 Å². The van der Waals surface area contributed by atoms with E-state index in [1.807, 2.05) is 31.2 Å². The zero-order valence-corrected chi connectivity index (χ0v) is 18.5. The first-order valence-corrected chi connectivity index (χ1v) is 12.0. The van der Waals surface area contributed by atoms with E-state index in [9.17, 15) is 4.79 Å². The van der Waals surface area contributed by atoms with Gasteiger partial charge in [0.25, 0.3) is 5.56 Å². The lowest BCUT2D eigenvalue weighted by Gasteiger charge is -2.12. The van der Waals surface area contributed by atoms with Gasteiger partial charge in [-0.2, -0.15) is 0 Å². The maximum absolute atomic E-state index is 13.4. The third-order valence-electron chi connectivity index (χ3n) is 5.53. The number of thioether (sulfide) groups is 1. The second kappa shape index (κ2) is 7.96. The summed E-state index contributed by atoms with van der Waals surface area (Å²) in [7, 11) is 0. The summed E-state index contributed by atoms with van der Waals surface area (Å²) in [6.07, 6.45) is 6.15. The molecular formula is C23H22N4OS2. The van der Waals surface area contributed by atoms with Crippen LogP contribution in [0.25, 0.3) is 21.3 Å². The molecule has 0 aliphatic heterocycles. The minimum atomic E-state index is 0.0584. The summed E-state index contributed by atoms with van der Waals surface area (Å²) in [4.78, 5) is 30.0. The Hall–Kier alpha value is -2.51. The second-order valence-electron chi connectivity index (χ2n) is 7.52. The van der Waals surface area contributed by atoms with E-state index in [-0.39, 0.29) is 5.56 Å². The van der Waals surface area contributed by atoms with Gasteiger partial charge < -0.3 is 0 Å². The summed E-state index contributed by atoms with van der Waals surface area (Å²) >= 11 is 3.24. The SMILES string of the molecule is C=CCn1c(SCc2nc3ccccc3nc2C)nc2sc3c(c2c1=O)CCCC3. The Labute approximate surface area is 182 Å². The number of allylic oxidation sites excluding steroid dienone is 1. The monoisotopic (exact) mass is 434 g/mol. The highest BCUT2D eigenvalue weighted by Gasteiger charge is 2.22. The van der Waals surface area contributed by atoms with Gasteiger partial charge in [0.1, 0.15) is 4.83 Å². The highest BCUT2D eigenvalue weighted by molar-refractivity contribution is 7.98. The Kier molecular flexibility index (Phi) is 5.16. The summed E-state index contributed by atoms with van der Waals surface area (Å²) < 4.78 is 1.76. The molecule has 0 fully saturated rings. The minimum Gasteiger partial charge on any atom is -0.283 e. The van der Waals surface area contributed by atoms with Crippen LogP contribution >= 0.6 is 23.1 Å². The number of fused-ring (bicyclic) bond motifs is 4. The number of aromatic nitrogens is 4. The van der Waals surface area contributed by atoms with Crippen LogP contribution in [0.2, 0.25) is 0 Å². The molecular weight excluding hydrogens is 412 g/mol. The van der Waals surface area contributed by atoms with Gasteiger partial charge in [-0.05, 0) is 50.3 Å². The second-order valence-corrected chi connectivity index (χ2v) is 9.55. The van der Waals surface area contributed by atoms with Gasteiger partial charge in [-0.1, -0.05) is 30.0 Å². The van der Waals surface area contributed by atoms with Crippen LogP contribution in [0.4, 0.5) is 0 Å². The van der Waals surface area contributed by atoms with Crippen molar-refractivity contribution < 1.29 is 0 Å². The van der Waals surface area contributed by atoms with E-state index in [1.165, 1.54) is 16.9 Å².